The minimum absolute atomic E-state index is 0.0396. The van der Waals surface area contributed by atoms with Crippen LogP contribution in [0.2, 0.25) is 10.0 Å². The van der Waals surface area contributed by atoms with Gasteiger partial charge in [-0.15, -0.1) is 0 Å². The van der Waals surface area contributed by atoms with Crippen molar-refractivity contribution in [2.45, 2.75) is 30.5 Å². The molecule has 1 fully saturated rings. The number of rotatable bonds is 3. The molecular formula is C18H16Cl2F3N. The molecule has 1 N–H and O–H groups in total. The number of alkyl halides is 3. The van der Waals surface area contributed by atoms with Gasteiger partial charge < -0.3 is 5.32 Å². The average Bonchev–Trinajstić information content (AvgIpc) is 2.92. The van der Waals surface area contributed by atoms with Crippen LogP contribution in [0.4, 0.5) is 13.2 Å². The molecule has 24 heavy (non-hydrogen) atoms. The highest BCUT2D eigenvalue weighted by molar-refractivity contribution is 6.34. The molecule has 0 spiro atoms. The highest BCUT2D eigenvalue weighted by Crippen LogP contribution is 2.48. The lowest BCUT2D eigenvalue weighted by Crippen LogP contribution is -2.44. The van der Waals surface area contributed by atoms with E-state index in [1.165, 1.54) is 18.2 Å². The van der Waals surface area contributed by atoms with Gasteiger partial charge in [-0.3, -0.25) is 0 Å². The maximum absolute atomic E-state index is 14.0. The lowest BCUT2D eigenvalue weighted by atomic mass is 9.77. The van der Waals surface area contributed by atoms with Crippen molar-refractivity contribution in [3.8, 4) is 0 Å². The molecule has 1 aliphatic rings. The summed E-state index contributed by atoms with van der Waals surface area (Å²) in [6, 6.07) is 13.4. The maximum Gasteiger partial charge on any atom is 0.399 e. The molecule has 0 aromatic heterocycles. The first-order chi connectivity index (χ1) is 11.3. The Balaban J connectivity index is 1.91. The van der Waals surface area contributed by atoms with Gasteiger partial charge in [-0.25, -0.2) is 0 Å². The van der Waals surface area contributed by atoms with Crippen molar-refractivity contribution in [3.05, 3.63) is 69.7 Å². The van der Waals surface area contributed by atoms with Crippen LogP contribution in [0.1, 0.15) is 17.5 Å². The molecule has 2 atom stereocenters. The summed E-state index contributed by atoms with van der Waals surface area (Å²) in [5, 5.41) is 3.46. The number of benzene rings is 2. The van der Waals surface area contributed by atoms with Crippen LogP contribution in [0.15, 0.2) is 48.5 Å². The summed E-state index contributed by atoms with van der Waals surface area (Å²) in [6.45, 7) is -0.176. The third kappa shape index (κ3) is 3.41. The molecule has 0 aliphatic carbocycles. The molecule has 1 aliphatic heterocycles. The molecule has 0 saturated carbocycles. The fourth-order valence-electron chi connectivity index (χ4n) is 3.36. The Hall–Kier alpha value is -1.23. The van der Waals surface area contributed by atoms with E-state index >= 15 is 0 Å². The summed E-state index contributed by atoms with van der Waals surface area (Å²) in [5.74, 6) is 0. The van der Waals surface area contributed by atoms with Crippen molar-refractivity contribution in [1.82, 2.24) is 5.32 Å². The Morgan fingerprint density at radius 2 is 1.67 bits per heavy atom. The van der Waals surface area contributed by atoms with Crippen molar-refractivity contribution in [2.75, 3.05) is 6.54 Å². The van der Waals surface area contributed by atoms with E-state index < -0.39 is 11.6 Å². The first-order valence-corrected chi connectivity index (χ1v) is 8.36. The van der Waals surface area contributed by atoms with Gasteiger partial charge in [0.05, 0.1) is 0 Å². The van der Waals surface area contributed by atoms with E-state index in [-0.39, 0.29) is 34.6 Å². The van der Waals surface area contributed by atoms with Gasteiger partial charge in [-0.05, 0) is 42.2 Å². The minimum atomic E-state index is -4.39. The van der Waals surface area contributed by atoms with Crippen LogP contribution in [-0.4, -0.2) is 18.8 Å². The summed E-state index contributed by atoms with van der Waals surface area (Å²) in [5.41, 5.74) is -0.839. The first-order valence-electron chi connectivity index (χ1n) is 7.61. The summed E-state index contributed by atoms with van der Waals surface area (Å²) in [7, 11) is 0. The smallest absolute Gasteiger partial charge is 0.312 e. The lowest BCUT2D eigenvalue weighted by Gasteiger charge is -2.32. The van der Waals surface area contributed by atoms with Gasteiger partial charge in [0.15, 0.2) is 0 Å². The molecule has 2 unspecified atom stereocenters. The lowest BCUT2D eigenvalue weighted by molar-refractivity contribution is -0.185. The van der Waals surface area contributed by atoms with Crippen molar-refractivity contribution in [2.24, 2.45) is 0 Å². The summed E-state index contributed by atoms with van der Waals surface area (Å²) >= 11 is 11.9. The van der Waals surface area contributed by atoms with Crippen LogP contribution in [0.5, 0.6) is 0 Å². The van der Waals surface area contributed by atoms with E-state index in [4.69, 9.17) is 23.2 Å². The monoisotopic (exact) mass is 373 g/mol. The highest BCUT2D eigenvalue weighted by atomic mass is 35.5. The fraction of sp³-hybridized carbons (Fsp3) is 0.333. The average molecular weight is 374 g/mol. The second kappa shape index (κ2) is 6.58. The normalized spacial score (nSPS) is 24.3. The second-order valence-corrected chi connectivity index (χ2v) is 7.08. The molecule has 1 heterocycles. The van der Waals surface area contributed by atoms with Gasteiger partial charge in [-0.2, -0.15) is 13.2 Å². The Morgan fingerprint density at radius 3 is 2.25 bits per heavy atom. The van der Waals surface area contributed by atoms with Crippen molar-refractivity contribution in [3.63, 3.8) is 0 Å². The predicted octanol–water partition coefficient (Wildman–Crippen LogP) is 5.40. The molecule has 3 rings (SSSR count). The standard InChI is InChI=1S/C18H16Cl2F3N/c19-14-7-13(8-15(20)9-14)17(18(21,22)23)10-16(24-11-17)6-12-4-2-1-3-5-12/h1-5,7-9,16,24H,6,10-11H2. The van der Waals surface area contributed by atoms with Crippen LogP contribution >= 0.6 is 23.2 Å². The summed E-state index contributed by atoms with van der Waals surface area (Å²) < 4.78 is 41.9. The molecule has 1 saturated heterocycles. The number of halogens is 5. The van der Waals surface area contributed by atoms with E-state index in [9.17, 15) is 13.2 Å². The van der Waals surface area contributed by atoms with E-state index in [2.05, 4.69) is 5.32 Å². The zero-order valence-electron chi connectivity index (χ0n) is 12.7. The van der Waals surface area contributed by atoms with E-state index in [1.807, 2.05) is 30.3 Å². The molecule has 0 bridgehead atoms. The quantitative estimate of drug-likeness (QED) is 0.759. The van der Waals surface area contributed by atoms with Crippen LogP contribution < -0.4 is 5.32 Å². The molecule has 6 heteroatoms. The molecule has 2 aromatic carbocycles. The van der Waals surface area contributed by atoms with Crippen molar-refractivity contribution < 1.29 is 13.2 Å². The van der Waals surface area contributed by atoms with Crippen LogP contribution in [-0.2, 0) is 11.8 Å². The van der Waals surface area contributed by atoms with Crippen LogP contribution in [0, 0.1) is 0 Å². The number of nitrogens with one attached hydrogen (secondary N) is 1. The molecular weight excluding hydrogens is 358 g/mol. The number of hydrogen-bond donors (Lipinski definition) is 1. The Kier molecular flexibility index (Phi) is 4.82. The van der Waals surface area contributed by atoms with E-state index in [0.29, 0.717) is 6.42 Å². The highest BCUT2D eigenvalue weighted by Gasteiger charge is 2.59. The van der Waals surface area contributed by atoms with Gasteiger partial charge >= 0.3 is 6.18 Å². The SMILES string of the molecule is FC(F)(F)C1(c2cc(Cl)cc(Cl)c2)CNC(Cc2ccccc2)C1. The topological polar surface area (TPSA) is 12.0 Å². The molecule has 1 nitrogen and oxygen atoms in total. The van der Waals surface area contributed by atoms with Gasteiger partial charge in [0.1, 0.15) is 5.41 Å². The third-order valence-corrected chi connectivity index (χ3v) is 5.01. The predicted molar refractivity (Wildman–Crippen MR) is 90.7 cm³/mol. The zero-order valence-corrected chi connectivity index (χ0v) is 14.2. The Labute approximate surface area is 148 Å². The molecule has 0 amide bonds. The van der Waals surface area contributed by atoms with Gasteiger partial charge in [-0.1, -0.05) is 53.5 Å². The van der Waals surface area contributed by atoms with Crippen LogP contribution in [0.3, 0.4) is 0 Å². The largest absolute Gasteiger partial charge is 0.399 e. The zero-order chi connectivity index (χ0) is 17.4. The third-order valence-electron chi connectivity index (χ3n) is 4.57. The van der Waals surface area contributed by atoms with Crippen molar-refractivity contribution >= 4 is 23.2 Å². The van der Waals surface area contributed by atoms with Crippen molar-refractivity contribution in [1.29, 1.82) is 0 Å². The minimum Gasteiger partial charge on any atom is -0.312 e. The fourth-order valence-corrected chi connectivity index (χ4v) is 3.88. The summed E-state index contributed by atoms with van der Waals surface area (Å²) in [6.07, 6.45) is -3.88. The number of hydrogen-bond acceptors (Lipinski definition) is 1. The van der Waals surface area contributed by atoms with Crippen LogP contribution in [0.25, 0.3) is 0 Å². The van der Waals surface area contributed by atoms with Gasteiger partial charge in [0.25, 0.3) is 0 Å². The van der Waals surface area contributed by atoms with Gasteiger partial charge in [0, 0.05) is 22.6 Å². The Bertz CT molecular complexity index is 698. The molecule has 2 aromatic rings. The summed E-state index contributed by atoms with van der Waals surface area (Å²) in [4.78, 5) is 0. The van der Waals surface area contributed by atoms with E-state index in [0.717, 1.165) is 5.56 Å². The maximum atomic E-state index is 14.0. The second-order valence-electron chi connectivity index (χ2n) is 6.21. The van der Waals surface area contributed by atoms with E-state index in [1.54, 1.807) is 0 Å². The first kappa shape index (κ1) is 17.6. The Morgan fingerprint density at radius 1 is 1.04 bits per heavy atom. The van der Waals surface area contributed by atoms with Gasteiger partial charge in [0.2, 0.25) is 0 Å². The molecule has 128 valence electrons. The molecule has 0 radical (unpaired) electrons.